The zero-order valence-electron chi connectivity index (χ0n) is 8.06. The highest BCUT2D eigenvalue weighted by Gasteiger charge is 2.52. The van der Waals surface area contributed by atoms with E-state index in [9.17, 15) is 0 Å². The van der Waals surface area contributed by atoms with Crippen LogP contribution in [0.3, 0.4) is 0 Å². The second-order valence-corrected chi connectivity index (χ2v) is 5.12. The van der Waals surface area contributed by atoms with Gasteiger partial charge in [-0.3, -0.25) is 0 Å². The first-order chi connectivity index (χ1) is 5.14. The molecule has 4 atom stereocenters. The predicted molar refractivity (Wildman–Crippen MR) is 48.4 cm³/mol. The van der Waals surface area contributed by atoms with Crippen molar-refractivity contribution in [3.63, 3.8) is 0 Å². The molecule has 2 aliphatic rings. The molecule has 0 nitrogen and oxygen atoms in total. The first-order valence-electron chi connectivity index (χ1n) is 5.14. The van der Waals surface area contributed by atoms with E-state index in [2.05, 4.69) is 20.8 Å². The van der Waals surface area contributed by atoms with E-state index in [-0.39, 0.29) is 0 Å². The molecule has 11 heavy (non-hydrogen) atoms. The number of hydrogen-bond acceptors (Lipinski definition) is 0. The first kappa shape index (κ1) is 7.64. The van der Waals surface area contributed by atoms with Gasteiger partial charge in [-0.05, 0) is 36.0 Å². The Hall–Kier alpha value is 0. The predicted octanol–water partition coefficient (Wildman–Crippen LogP) is 3.47. The molecule has 0 heterocycles. The fourth-order valence-corrected chi connectivity index (χ4v) is 3.44. The molecule has 2 fully saturated rings. The van der Waals surface area contributed by atoms with E-state index in [0.29, 0.717) is 0 Å². The van der Waals surface area contributed by atoms with Gasteiger partial charge in [0, 0.05) is 0 Å². The monoisotopic (exact) mass is 152 g/mol. The molecule has 0 aromatic rings. The Bertz CT molecular complexity index is 161. The van der Waals surface area contributed by atoms with E-state index in [1.807, 2.05) is 0 Å². The van der Waals surface area contributed by atoms with E-state index < -0.39 is 0 Å². The van der Waals surface area contributed by atoms with Crippen molar-refractivity contribution in [1.82, 2.24) is 0 Å². The van der Waals surface area contributed by atoms with Crippen molar-refractivity contribution in [2.45, 2.75) is 46.5 Å². The summed E-state index contributed by atoms with van der Waals surface area (Å²) in [6.45, 7) is 7.41. The van der Waals surface area contributed by atoms with Crippen LogP contribution in [0.2, 0.25) is 0 Å². The fraction of sp³-hybridized carbons (Fsp3) is 1.00. The Morgan fingerprint density at radius 1 is 1.27 bits per heavy atom. The first-order valence-corrected chi connectivity index (χ1v) is 5.14. The average Bonchev–Trinajstić information content (AvgIpc) is 1.97. The van der Waals surface area contributed by atoms with Crippen molar-refractivity contribution in [3.05, 3.63) is 0 Å². The van der Waals surface area contributed by atoms with Crippen LogP contribution >= 0.6 is 0 Å². The number of rotatable bonds is 0. The zero-order valence-corrected chi connectivity index (χ0v) is 8.06. The Labute approximate surface area is 70.4 Å². The lowest BCUT2D eigenvalue weighted by Gasteiger charge is -2.59. The molecule has 0 radical (unpaired) electrons. The molecule has 0 aromatic heterocycles. The SMILES string of the molecule is CC1CCCC2(C)C(C)CC12. The average molecular weight is 152 g/mol. The number of fused-ring (bicyclic) bond motifs is 1. The number of hydrogen-bond donors (Lipinski definition) is 0. The third-order valence-corrected chi connectivity index (χ3v) is 4.64. The smallest absolute Gasteiger partial charge is 0.0269 e. The van der Waals surface area contributed by atoms with Crippen LogP contribution in [0.4, 0.5) is 0 Å². The highest BCUT2D eigenvalue weighted by molar-refractivity contribution is 5.01. The summed E-state index contributed by atoms with van der Waals surface area (Å²) in [6.07, 6.45) is 5.99. The summed E-state index contributed by atoms with van der Waals surface area (Å²) in [4.78, 5) is 0. The van der Waals surface area contributed by atoms with E-state index >= 15 is 0 Å². The maximum atomic E-state index is 2.52. The van der Waals surface area contributed by atoms with Crippen molar-refractivity contribution in [3.8, 4) is 0 Å². The van der Waals surface area contributed by atoms with Gasteiger partial charge in [0.1, 0.15) is 0 Å². The maximum absolute atomic E-state index is 2.52. The summed E-state index contributed by atoms with van der Waals surface area (Å²) < 4.78 is 0. The van der Waals surface area contributed by atoms with E-state index in [1.54, 1.807) is 0 Å². The summed E-state index contributed by atoms with van der Waals surface area (Å²) >= 11 is 0. The zero-order chi connectivity index (χ0) is 8.06. The van der Waals surface area contributed by atoms with Crippen LogP contribution in [0.1, 0.15) is 46.5 Å². The van der Waals surface area contributed by atoms with Gasteiger partial charge in [0.25, 0.3) is 0 Å². The molecule has 0 saturated heterocycles. The van der Waals surface area contributed by atoms with Crippen molar-refractivity contribution in [2.24, 2.45) is 23.2 Å². The van der Waals surface area contributed by atoms with Gasteiger partial charge in [-0.25, -0.2) is 0 Å². The topological polar surface area (TPSA) is 0 Å². The summed E-state index contributed by atoms with van der Waals surface area (Å²) in [5, 5.41) is 0. The van der Waals surface area contributed by atoms with Crippen LogP contribution in [0, 0.1) is 23.2 Å². The van der Waals surface area contributed by atoms with Gasteiger partial charge in [0.05, 0.1) is 0 Å². The molecule has 2 rings (SSSR count). The third-order valence-electron chi connectivity index (χ3n) is 4.64. The Balaban J connectivity index is 2.12. The van der Waals surface area contributed by atoms with Gasteiger partial charge in [-0.2, -0.15) is 0 Å². The molecular weight excluding hydrogens is 132 g/mol. The second kappa shape index (κ2) is 2.24. The minimum Gasteiger partial charge on any atom is -0.0622 e. The Morgan fingerprint density at radius 2 is 2.00 bits per heavy atom. The van der Waals surface area contributed by atoms with Gasteiger partial charge in [-0.1, -0.05) is 33.6 Å². The van der Waals surface area contributed by atoms with Crippen LogP contribution in [-0.4, -0.2) is 0 Å². The summed E-state index contributed by atoms with van der Waals surface area (Å²) in [7, 11) is 0. The van der Waals surface area contributed by atoms with Crippen LogP contribution in [0.15, 0.2) is 0 Å². The molecule has 0 heteroatoms. The van der Waals surface area contributed by atoms with Crippen LogP contribution in [0.5, 0.6) is 0 Å². The van der Waals surface area contributed by atoms with Gasteiger partial charge in [0.15, 0.2) is 0 Å². The maximum Gasteiger partial charge on any atom is -0.0269 e. The van der Waals surface area contributed by atoms with Crippen LogP contribution in [-0.2, 0) is 0 Å². The van der Waals surface area contributed by atoms with Crippen molar-refractivity contribution in [2.75, 3.05) is 0 Å². The molecular formula is C11H20. The minimum atomic E-state index is 0.748. The molecule has 0 spiro atoms. The van der Waals surface area contributed by atoms with Gasteiger partial charge < -0.3 is 0 Å². The molecule has 0 aromatic carbocycles. The van der Waals surface area contributed by atoms with Crippen molar-refractivity contribution < 1.29 is 0 Å². The van der Waals surface area contributed by atoms with Crippen molar-refractivity contribution >= 4 is 0 Å². The van der Waals surface area contributed by atoms with E-state index in [0.717, 1.165) is 23.2 Å². The quantitative estimate of drug-likeness (QED) is 0.498. The highest BCUT2D eigenvalue weighted by Crippen LogP contribution is 2.60. The lowest BCUT2D eigenvalue weighted by atomic mass is 9.46. The van der Waals surface area contributed by atoms with E-state index in [1.165, 1.54) is 25.7 Å². The molecule has 4 unspecified atom stereocenters. The Morgan fingerprint density at radius 3 is 2.55 bits per heavy atom. The molecule has 2 aliphatic carbocycles. The minimum absolute atomic E-state index is 0.748. The summed E-state index contributed by atoms with van der Waals surface area (Å²) in [5.41, 5.74) is 0.748. The van der Waals surface area contributed by atoms with Crippen LogP contribution in [0.25, 0.3) is 0 Å². The van der Waals surface area contributed by atoms with Crippen molar-refractivity contribution in [1.29, 1.82) is 0 Å². The third kappa shape index (κ3) is 0.878. The van der Waals surface area contributed by atoms with Crippen LogP contribution < -0.4 is 0 Å². The second-order valence-electron chi connectivity index (χ2n) is 5.12. The lowest BCUT2D eigenvalue weighted by Crippen LogP contribution is -2.50. The largest absolute Gasteiger partial charge is 0.0622 e. The molecule has 0 aliphatic heterocycles. The standard InChI is InChI=1S/C11H20/c1-8-5-4-6-11(3)9(2)7-10(8)11/h8-10H,4-7H2,1-3H3. The van der Waals surface area contributed by atoms with Gasteiger partial charge >= 0.3 is 0 Å². The summed E-state index contributed by atoms with van der Waals surface area (Å²) in [5.74, 6) is 3.10. The molecule has 64 valence electrons. The molecule has 2 saturated carbocycles. The summed E-state index contributed by atoms with van der Waals surface area (Å²) in [6, 6.07) is 0. The highest BCUT2D eigenvalue weighted by atomic mass is 14.6. The normalized spacial score (nSPS) is 56.5. The van der Waals surface area contributed by atoms with E-state index in [4.69, 9.17) is 0 Å². The van der Waals surface area contributed by atoms with Gasteiger partial charge in [-0.15, -0.1) is 0 Å². The Kier molecular flexibility index (Phi) is 1.56. The lowest BCUT2D eigenvalue weighted by molar-refractivity contribution is -0.0917. The molecule has 0 amide bonds. The fourth-order valence-electron chi connectivity index (χ4n) is 3.44. The molecule has 0 N–H and O–H groups in total. The molecule has 0 bridgehead atoms. The van der Waals surface area contributed by atoms with Gasteiger partial charge in [0.2, 0.25) is 0 Å².